The van der Waals surface area contributed by atoms with Crippen molar-refractivity contribution in [1.29, 1.82) is 0 Å². The Hall–Kier alpha value is -2.21. The zero-order chi connectivity index (χ0) is 18.0. The fourth-order valence-corrected chi connectivity index (χ4v) is 3.14. The molecule has 134 valence electrons. The number of allylic oxidation sites excluding steroid dienone is 1. The van der Waals surface area contributed by atoms with Crippen molar-refractivity contribution in [3.63, 3.8) is 0 Å². The summed E-state index contributed by atoms with van der Waals surface area (Å²) in [6.45, 7) is 15.4. The van der Waals surface area contributed by atoms with Crippen molar-refractivity contribution in [2.75, 3.05) is 37.6 Å². The van der Waals surface area contributed by atoms with Crippen LogP contribution < -0.4 is 4.90 Å². The molecule has 0 radical (unpaired) electrons. The van der Waals surface area contributed by atoms with E-state index in [9.17, 15) is 0 Å². The van der Waals surface area contributed by atoms with E-state index in [2.05, 4.69) is 63.8 Å². The first kappa shape index (κ1) is 17.6. The highest BCUT2D eigenvalue weighted by molar-refractivity contribution is 5.45. The lowest BCUT2D eigenvalue weighted by molar-refractivity contribution is 0.283. The number of hydrogen-bond acceptors (Lipinski definition) is 5. The van der Waals surface area contributed by atoms with Crippen LogP contribution in [0.5, 0.6) is 0 Å². The monoisotopic (exact) mass is 340 g/mol. The predicted octanol–water partition coefficient (Wildman–Crippen LogP) is 2.68. The molecule has 1 aliphatic rings. The van der Waals surface area contributed by atoms with Crippen molar-refractivity contribution in [3.8, 4) is 5.82 Å². The highest BCUT2D eigenvalue weighted by atomic mass is 15.3. The molecule has 0 amide bonds. The summed E-state index contributed by atoms with van der Waals surface area (Å²) in [5, 5.41) is 4.55. The number of rotatable bonds is 4. The fraction of sp³-hybridized carbons (Fsp3) is 0.526. The highest BCUT2D eigenvalue weighted by Gasteiger charge is 2.19. The number of piperazine rings is 1. The summed E-state index contributed by atoms with van der Waals surface area (Å²) in [6.07, 6.45) is 2.30. The first-order valence-electron chi connectivity index (χ1n) is 8.92. The smallest absolute Gasteiger partial charge is 0.159 e. The van der Waals surface area contributed by atoms with Crippen LogP contribution in [0.4, 0.5) is 5.82 Å². The quantitative estimate of drug-likeness (QED) is 0.801. The third-order valence-corrected chi connectivity index (χ3v) is 4.49. The molecule has 3 rings (SSSR count). The zero-order valence-electron chi connectivity index (χ0n) is 16.0. The Balaban J connectivity index is 1.76. The first-order valence-corrected chi connectivity index (χ1v) is 8.92. The van der Waals surface area contributed by atoms with Crippen molar-refractivity contribution >= 4 is 5.82 Å². The topological polar surface area (TPSA) is 50.1 Å². The van der Waals surface area contributed by atoms with E-state index >= 15 is 0 Å². The van der Waals surface area contributed by atoms with Crippen molar-refractivity contribution in [3.05, 3.63) is 41.0 Å². The van der Waals surface area contributed by atoms with E-state index in [1.165, 1.54) is 5.57 Å². The fourth-order valence-electron chi connectivity index (χ4n) is 3.14. The van der Waals surface area contributed by atoms with Gasteiger partial charge in [-0.25, -0.2) is 14.6 Å². The molecule has 6 nitrogen and oxygen atoms in total. The zero-order valence-corrected chi connectivity index (χ0v) is 16.0. The molecule has 25 heavy (non-hydrogen) atoms. The van der Waals surface area contributed by atoms with Gasteiger partial charge in [0.1, 0.15) is 11.6 Å². The molecule has 1 saturated heterocycles. The Bertz CT molecular complexity index is 764. The second-order valence-electron chi connectivity index (χ2n) is 7.04. The molecular weight excluding hydrogens is 312 g/mol. The molecule has 0 spiro atoms. The van der Waals surface area contributed by atoms with E-state index in [1.54, 1.807) is 0 Å². The summed E-state index contributed by atoms with van der Waals surface area (Å²) in [5.41, 5.74) is 3.47. The Kier molecular flexibility index (Phi) is 5.18. The van der Waals surface area contributed by atoms with Crippen molar-refractivity contribution < 1.29 is 0 Å². The number of aromatic nitrogens is 4. The molecule has 0 N–H and O–H groups in total. The van der Waals surface area contributed by atoms with Gasteiger partial charge in [-0.05, 0) is 40.7 Å². The molecule has 3 heterocycles. The van der Waals surface area contributed by atoms with Crippen LogP contribution in [-0.4, -0.2) is 57.4 Å². The maximum Gasteiger partial charge on any atom is 0.159 e. The Morgan fingerprint density at radius 1 is 1.00 bits per heavy atom. The molecule has 1 fully saturated rings. The lowest BCUT2D eigenvalue weighted by Gasteiger charge is -2.35. The molecule has 0 unspecified atom stereocenters. The van der Waals surface area contributed by atoms with Crippen molar-refractivity contribution in [1.82, 2.24) is 24.6 Å². The Morgan fingerprint density at radius 2 is 1.68 bits per heavy atom. The molecule has 6 heteroatoms. The molecule has 0 aromatic carbocycles. The molecule has 0 atom stereocenters. The van der Waals surface area contributed by atoms with E-state index in [4.69, 9.17) is 0 Å². The molecule has 0 aliphatic carbocycles. The number of nitrogens with zero attached hydrogens (tertiary/aromatic N) is 6. The van der Waals surface area contributed by atoms with E-state index in [1.807, 2.05) is 18.5 Å². The van der Waals surface area contributed by atoms with Crippen LogP contribution in [0.2, 0.25) is 0 Å². The van der Waals surface area contributed by atoms with E-state index in [0.717, 1.165) is 61.6 Å². The maximum atomic E-state index is 4.66. The van der Waals surface area contributed by atoms with Crippen molar-refractivity contribution in [2.45, 2.75) is 34.6 Å². The second kappa shape index (κ2) is 7.35. The standard InChI is InChI=1S/C19H28N6/c1-14(2)6-7-23-8-10-24(11-9-23)18-13-19(21-17(5)20-18)25-16(4)12-15(3)22-25/h6,12-13H,7-11H2,1-5H3. The van der Waals surface area contributed by atoms with Crippen LogP contribution in [0, 0.1) is 20.8 Å². The average molecular weight is 340 g/mol. The van der Waals surface area contributed by atoms with Gasteiger partial charge < -0.3 is 4.90 Å². The van der Waals surface area contributed by atoms with Gasteiger partial charge in [-0.15, -0.1) is 0 Å². The largest absolute Gasteiger partial charge is 0.354 e. The Morgan fingerprint density at radius 3 is 2.28 bits per heavy atom. The van der Waals surface area contributed by atoms with E-state index in [-0.39, 0.29) is 0 Å². The Labute approximate surface area is 150 Å². The van der Waals surface area contributed by atoms with E-state index in [0.29, 0.717) is 0 Å². The lowest BCUT2D eigenvalue weighted by atomic mass is 10.2. The van der Waals surface area contributed by atoms with Gasteiger partial charge >= 0.3 is 0 Å². The van der Waals surface area contributed by atoms with Crippen LogP contribution in [0.25, 0.3) is 5.82 Å². The first-order chi connectivity index (χ1) is 11.9. The summed E-state index contributed by atoms with van der Waals surface area (Å²) in [6, 6.07) is 4.12. The third-order valence-electron chi connectivity index (χ3n) is 4.49. The van der Waals surface area contributed by atoms with Crippen LogP contribution >= 0.6 is 0 Å². The predicted molar refractivity (Wildman–Crippen MR) is 101 cm³/mol. The van der Waals surface area contributed by atoms with Crippen LogP contribution in [-0.2, 0) is 0 Å². The summed E-state index contributed by atoms with van der Waals surface area (Å²) in [7, 11) is 0. The summed E-state index contributed by atoms with van der Waals surface area (Å²) in [5.74, 6) is 2.63. The minimum atomic E-state index is 0.784. The summed E-state index contributed by atoms with van der Waals surface area (Å²) in [4.78, 5) is 14.1. The molecule has 0 bridgehead atoms. The van der Waals surface area contributed by atoms with Gasteiger partial charge in [0.05, 0.1) is 5.69 Å². The molecule has 0 saturated carbocycles. The van der Waals surface area contributed by atoms with Crippen molar-refractivity contribution in [2.24, 2.45) is 0 Å². The van der Waals surface area contributed by atoms with Gasteiger partial charge in [-0.1, -0.05) is 11.6 Å². The summed E-state index contributed by atoms with van der Waals surface area (Å²) < 4.78 is 1.90. The maximum absolute atomic E-state index is 4.66. The summed E-state index contributed by atoms with van der Waals surface area (Å²) >= 11 is 0. The lowest BCUT2D eigenvalue weighted by Crippen LogP contribution is -2.46. The van der Waals surface area contributed by atoms with Gasteiger partial charge in [0.15, 0.2) is 5.82 Å². The van der Waals surface area contributed by atoms with Crippen LogP contribution in [0.3, 0.4) is 0 Å². The minimum Gasteiger partial charge on any atom is -0.354 e. The number of hydrogen-bond donors (Lipinski definition) is 0. The van der Waals surface area contributed by atoms with Gasteiger partial charge in [-0.2, -0.15) is 5.10 Å². The second-order valence-corrected chi connectivity index (χ2v) is 7.04. The highest BCUT2D eigenvalue weighted by Crippen LogP contribution is 2.18. The van der Waals surface area contributed by atoms with Crippen LogP contribution in [0.1, 0.15) is 31.1 Å². The number of anilines is 1. The van der Waals surface area contributed by atoms with Gasteiger partial charge in [0.25, 0.3) is 0 Å². The van der Waals surface area contributed by atoms with Crippen LogP contribution in [0.15, 0.2) is 23.8 Å². The average Bonchev–Trinajstić information content (AvgIpc) is 2.91. The molecular formula is C19H28N6. The number of aryl methyl sites for hydroxylation is 3. The van der Waals surface area contributed by atoms with Gasteiger partial charge in [0.2, 0.25) is 0 Å². The third kappa shape index (κ3) is 4.25. The van der Waals surface area contributed by atoms with E-state index < -0.39 is 0 Å². The minimum absolute atomic E-state index is 0.784. The SMILES string of the molecule is CC(C)=CCN1CCN(c2cc(-n3nc(C)cc3C)nc(C)n2)CC1. The molecule has 2 aromatic rings. The van der Waals surface area contributed by atoms with Gasteiger partial charge in [-0.3, -0.25) is 4.90 Å². The normalized spacial score (nSPS) is 15.5. The molecule has 2 aromatic heterocycles. The van der Waals surface area contributed by atoms with Gasteiger partial charge in [0, 0.05) is 44.5 Å². The molecule has 1 aliphatic heterocycles.